The number of hydrogen-bond donors (Lipinski definition) is 1. The summed E-state index contributed by atoms with van der Waals surface area (Å²) in [5, 5.41) is 3.67. The van der Waals surface area contributed by atoms with Crippen molar-refractivity contribution >= 4 is 38.0 Å². The molecule has 1 aliphatic heterocycles. The second kappa shape index (κ2) is 8.05. The first-order chi connectivity index (χ1) is 14.3. The number of alkyl halides is 2. The van der Waals surface area contributed by atoms with E-state index in [1.54, 1.807) is 6.07 Å². The number of piperazine rings is 1. The summed E-state index contributed by atoms with van der Waals surface area (Å²) in [6, 6.07) is 8.79. The molecule has 1 aliphatic rings. The van der Waals surface area contributed by atoms with Gasteiger partial charge >= 0.3 is 6.55 Å². The lowest BCUT2D eigenvalue weighted by Gasteiger charge is -2.30. The van der Waals surface area contributed by atoms with Crippen LogP contribution in [0.15, 0.2) is 52.4 Å². The highest BCUT2D eigenvalue weighted by atomic mass is 35.5. The van der Waals surface area contributed by atoms with Crippen molar-refractivity contribution in [2.75, 3.05) is 38.2 Å². The van der Waals surface area contributed by atoms with Gasteiger partial charge in [0.05, 0.1) is 28.1 Å². The minimum Gasteiger partial charge on any atom is -0.495 e. The molecule has 160 valence electrons. The molecule has 0 bridgehead atoms. The maximum atomic E-state index is 13.5. The van der Waals surface area contributed by atoms with E-state index in [0.29, 0.717) is 29.1 Å². The maximum absolute atomic E-state index is 13.5. The lowest BCUT2D eigenvalue weighted by Crippen LogP contribution is -2.43. The zero-order valence-corrected chi connectivity index (χ0v) is 17.7. The zero-order valence-electron chi connectivity index (χ0n) is 16.1. The molecule has 30 heavy (non-hydrogen) atoms. The highest BCUT2D eigenvalue weighted by Gasteiger charge is 2.27. The Balaban J connectivity index is 1.87. The largest absolute Gasteiger partial charge is 0.495 e. The number of nitrogens with zero attached hydrogens (tertiary/aromatic N) is 2. The van der Waals surface area contributed by atoms with Crippen LogP contribution in [0.5, 0.6) is 5.75 Å². The number of benzene rings is 2. The summed E-state index contributed by atoms with van der Waals surface area (Å²) in [6.07, 6.45) is 0.968. The van der Waals surface area contributed by atoms with Crippen molar-refractivity contribution in [3.05, 3.63) is 47.6 Å². The molecule has 0 saturated carbocycles. The highest BCUT2D eigenvalue weighted by molar-refractivity contribution is 7.91. The average Bonchev–Trinajstić information content (AvgIpc) is 3.13. The van der Waals surface area contributed by atoms with Crippen LogP contribution in [0, 0.1) is 0 Å². The molecule has 1 fully saturated rings. The van der Waals surface area contributed by atoms with E-state index in [1.165, 1.54) is 37.4 Å². The normalized spacial score (nSPS) is 15.2. The summed E-state index contributed by atoms with van der Waals surface area (Å²) in [7, 11) is -2.57. The van der Waals surface area contributed by atoms with Crippen LogP contribution in [0.1, 0.15) is 6.55 Å². The van der Waals surface area contributed by atoms with Crippen LogP contribution in [0.2, 0.25) is 5.02 Å². The summed E-state index contributed by atoms with van der Waals surface area (Å²) in [6.45, 7) is 0.0336. The Labute approximate surface area is 177 Å². The molecule has 0 unspecified atom stereocenters. The van der Waals surface area contributed by atoms with Crippen LogP contribution in [0.25, 0.3) is 10.9 Å². The van der Waals surface area contributed by atoms with Crippen molar-refractivity contribution in [3.8, 4) is 5.75 Å². The first kappa shape index (κ1) is 20.9. The van der Waals surface area contributed by atoms with Gasteiger partial charge in [-0.2, -0.15) is 8.78 Å². The fraction of sp³-hybridized carbons (Fsp3) is 0.300. The molecule has 1 saturated heterocycles. The standard InChI is InChI=1S/C20H20ClF2N3O3S/c1-29-18-5-3-14(11-17(18)25-8-6-24-7-9-25)30(27,28)19-12-26(20(22)23)16-4-2-13(21)10-15(16)19/h2-5,10-12,20,24H,6-9H2,1H3. The number of aromatic nitrogens is 1. The third-order valence-corrected chi connectivity index (χ3v) is 7.19. The van der Waals surface area contributed by atoms with Crippen LogP contribution in [0.4, 0.5) is 14.5 Å². The Morgan fingerprint density at radius 2 is 1.87 bits per heavy atom. The van der Waals surface area contributed by atoms with Crippen LogP contribution in [0.3, 0.4) is 0 Å². The highest BCUT2D eigenvalue weighted by Crippen LogP contribution is 2.37. The number of hydrogen-bond acceptors (Lipinski definition) is 5. The van der Waals surface area contributed by atoms with Gasteiger partial charge < -0.3 is 15.0 Å². The van der Waals surface area contributed by atoms with Crippen molar-refractivity contribution in [1.82, 2.24) is 9.88 Å². The second-order valence-corrected chi connectivity index (χ2v) is 9.27. The molecule has 1 N–H and O–H groups in total. The van der Waals surface area contributed by atoms with Gasteiger partial charge in [-0.15, -0.1) is 0 Å². The van der Waals surface area contributed by atoms with E-state index in [9.17, 15) is 17.2 Å². The molecule has 0 radical (unpaired) electrons. The number of sulfone groups is 1. The molecule has 0 amide bonds. The third-order valence-electron chi connectivity index (χ3n) is 5.18. The van der Waals surface area contributed by atoms with E-state index in [1.807, 2.05) is 4.90 Å². The fourth-order valence-electron chi connectivity index (χ4n) is 3.69. The molecular formula is C20H20ClF2N3O3S. The van der Waals surface area contributed by atoms with Crippen molar-refractivity contribution in [2.45, 2.75) is 16.3 Å². The first-order valence-electron chi connectivity index (χ1n) is 9.30. The van der Waals surface area contributed by atoms with Gasteiger partial charge in [-0.05, 0) is 36.4 Å². The van der Waals surface area contributed by atoms with Crippen LogP contribution < -0.4 is 15.0 Å². The van der Waals surface area contributed by atoms with Gasteiger partial charge in [0, 0.05) is 42.8 Å². The lowest BCUT2D eigenvalue weighted by atomic mass is 10.2. The number of ether oxygens (including phenoxy) is 1. The Morgan fingerprint density at radius 1 is 1.13 bits per heavy atom. The maximum Gasteiger partial charge on any atom is 0.319 e. The Bertz CT molecular complexity index is 1190. The minimum atomic E-state index is -4.09. The molecule has 0 aliphatic carbocycles. The molecule has 0 atom stereocenters. The SMILES string of the molecule is COc1ccc(S(=O)(=O)c2cn(C(F)F)c3ccc(Cl)cc23)cc1N1CCNCC1. The van der Waals surface area contributed by atoms with Crippen molar-refractivity contribution in [3.63, 3.8) is 0 Å². The van der Waals surface area contributed by atoms with Gasteiger partial charge in [0.15, 0.2) is 0 Å². The number of methoxy groups -OCH3 is 1. The van der Waals surface area contributed by atoms with Gasteiger partial charge in [-0.1, -0.05) is 11.6 Å². The fourth-order valence-corrected chi connectivity index (χ4v) is 5.33. The van der Waals surface area contributed by atoms with E-state index < -0.39 is 16.4 Å². The van der Waals surface area contributed by atoms with Gasteiger partial charge in [0.25, 0.3) is 0 Å². The number of anilines is 1. The predicted molar refractivity (Wildman–Crippen MR) is 112 cm³/mol. The molecule has 2 heterocycles. The minimum absolute atomic E-state index is 0.00474. The molecule has 6 nitrogen and oxygen atoms in total. The van der Waals surface area contributed by atoms with E-state index in [2.05, 4.69) is 5.32 Å². The van der Waals surface area contributed by atoms with Crippen molar-refractivity contribution < 1.29 is 21.9 Å². The average molecular weight is 456 g/mol. The molecule has 2 aromatic carbocycles. The Morgan fingerprint density at radius 3 is 2.53 bits per heavy atom. The van der Waals surface area contributed by atoms with Crippen molar-refractivity contribution in [2.24, 2.45) is 0 Å². The second-order valence-electron chi connectivity index (χ2n) is 6.91. The summed E-state index contributed by atoms with van der Waals surface area (Å²) in [5.74, 6) is 0.550. The smallest absolute Gasteiger partial charge is 0.319 e. The number of nitrogens with one attached hydrogen (secondary N) is 1. The predicted octanol–water partition coefficient (Wildman–Crippen LogP) is 3.94. The summed E-state index contributed by atoms with van der Waals surface area (Å²) >= 11 is 6.02. The molecule has 3 aromatic rings. The molecule has 10 heteroatoms. The van der Waals surface area contributed by atoms with Gasteiger partial charge in [-0.3, -0.25) is 4.57 Å². The van der Waals surface area contributed by atoms with Gasteiger partial charge in [0.2, 0.25) is 9.84 Å². The third kappa shape index (κ3) is 3.61. The Hall–Kier alpha value is -2.36. The molecular weight excluding hydrogens is 436 g/mol. The van der Waals surface area contributed by atoms with Gasteiger partial charge in [0.1, 0.15) is 5.75 Å². The van der Waals surface area contributed by atoms with E-state index in [0.717, 1.165) is 19.3 Å². The molecule has 4 rings (SSSR count). The van der Waals surface area contributed by atoms with E-state index in [4.69, 9.17) is 16.3 Å². The number of fused-ring (bicyclic) bond motifs is 1. The lowest BCUT2D eigenvalue weighted by molar-refractivity contribution is 0.0748. The molecule has 0 spiro atoms. The summed E-state index contributed by atoms with van der Waals surface area (Å²) < 4.78 is 60.0. The van der Waals surface area contributed by atoms with Crippen molar-refractivity contribution in [1.29, 1.82) is 0 Å². The molecule has 1 aromatic heterocycles. The first-order valence-corrected chi connectivity index (χ1v) is 11.2. The monoisotopic (exact) mass is 455 g/mol. The number of halogens is 3. The van der Waals surface area contributed by atoms with Crippen LogP contribution in [-0.2, 0) is 9.84 Å². The van der Waals surface area contributed by atoms with E-state index >= 15 is 0 Å². The van der Waals surface area contributed by atoms with E-state index in [-0.39, 0.29) is 25.7 Å². The Kier molecular flexibility index (Phi) is 5.61. The number of rotatable bonds is 5. The summed E-state index contributed by atoms with van der Waals surface area (Å²) in [4.78, 5) is 1.83. The van der Waals surface area contributed by atoms with Gasteiger partial charge in [-0.25, -0.2) is 8.42 Å². The quantitative estimate of drug-likeness (QED) is 0.631. The van der Waals surface area contributed by atoms with Crippen LogP contribution >= 0.6 is 11.6 Å². The van der Waals surface area contributed by atoms with Crippen LogP contribution in [-0.4, -0.2) is 46.3 Å². The summed E-state index contributed by atoms with van der Waals surface area (Å²) in [5.41, 5.74) is 0.750. The zero-order chi connectivity index (χ0) is 21.5. The topological polar surface area (TPSA) is 63.6 Å².